The van der Waals surface area contributed by atoms with Gasteiger partial charge >= 0.3 is 0 Å². The molecular formula is C45H26N4OS. The summed E-state index contributed by atoms with van der Waals surface area (Å²) in [7, 11) is 0. The fraction of sp³-hybridized carbons (Fsp3) is 0. The van der Waals surface area contributed by atoms with E-state index in [-0.39, 0.29) is 0 Å². The Bertz CT molecular complexity index is 3030. The smallest absolute Gasteiger partial charge is 0.165 e. The first-order valence-corrected chi connectivity index (χ1v) is 17.8. The summed E-state index contributed by atoms with van der Waals surface area (Å²) in [5, 5.41) is 7.05. The summed E-state index contributed by atoms with van der Waals surface area (Å²) >= 11 is 1.78. The topological polar surface area (TPSA) is 56.7 Å². The van der Waals surface area contributed by atoms with Crippen molar-refractivity contribution in [2.75, 3.05) is 0 Å². The molecule has 0 radical (unpaired) electrons. The molecule has 0 aliphatic rings. The number of fused-ring (bicyclic) bond motifs is 10. The Morgan fingerprint density at radius 1 is 0.412 bits per heavy atom. The molecule has 6 heteroatoms. The number of hydrogen-bond donors (Lipinski definition) is 0. The summed E-state index contributed by atoms with van der Waals surface area (Å²) in [4.78, 5) is 15.1. The van der Waals surface area contributed by atoms with Gasteiger partial charge in [-0.15, -0.1) is 11.3 Å². The third-order valence-corrected chi connectivity index (χ3v) is 11.1. The van der Waals surface area contributed by atoms with Crippen LogP contribution in [0.3, 0.4) is 0 Å². The lowest BCUT2D eigenvalue weighted by molar-refractivity contribution is 0.669. The number of para-hydroxylation sites is 2. The van der Waals surface area contributed by atoms with Crippen molar-refractivity contribution in [3.05, 3.63) is 158 Å². The summed E-state index contributed by atoms with van der Waals surface area (Å²) < 4.78 is 11.3. The molecule has 0 unspecified atom stereocenters. The zero-order valence-corrected chi connectivity index (χ0v) is 27.9. The average Bonchev–Trinajstić information content (AvgIpc) is 3.88. The van der Waals surface area contributed by atoms with Crippen LogP contribution in [0.4, 0.5) is 0 Å². The van der Waals surface area contributed by atoms with Crippen LogP contribution >= 0.6 is 11.3 Å². The van der Waals surface area contributed by atoms with Gasteiger partial charge in [-0.1, -0.05) is 115 Å². The Labute approximate surface area is 295 Å². The van der Waals surface area contributed by atoms with Gasteiger partial charge in [-0.05, 0) is 42.5 Å². The van der Waals surface area contributed by atoms with Gasteiger partial charge in [-0.3, -0.25) is 0 Å². The van der Waals surface area contributed by atoms with Gasteiger partial charge in [0.05, 0.1) is 22.1 Å². The van der Waals surface area contributed by atoms with E-state index in [2.05, 4.69) is 102 Å². The molecule has 11 rings (SSSR count). The molecule has 238 valence electrons. The molecule has 4 heterocycles. The maximum atomic E-state index is 6.62. The van der Waals surface area contributed by atoms with Gasteiger partial charge in [-0.25, -0.2) is 15.0 Å². The van der Waals surface area contributed by atoms with Crippen LogP contribution in [0.5, 0.6) is 0 Å². The number of aromatic nitrogens is 4. The Morgan fingerprint density at radius 2 is 0.961 bits per heavy atom. The monoisotopic (exact) mass is 670 g/mol. The molecule has 7 aromatic carbocycles. The van der Waals surface area contributed by atoms with Crippen molar-refractivity contribution in [2.45, 2.75) is 0 Å². The zero-order chi connectivity index (χ0) is 33.5. The van der Waals surface area contributed by atoms with Crippen LogP contribution in [0.2, 0.25) is 0 Å². The lowest BCUT2D eigenvalue weighted by Gasteiger charge is -2.09. The third-order valence-electron chi connectivity index (χ3n) is 9.86. The molecule has 0 fully saturated rings. The van der Waals surface area contributed by atoms with Gasteiger partial charge in [0.25, 0.3) is 0 Å². The van der Waals surface area contributed by atoms with Gasteiger partial charge in [0, 0.05) is 53.0 Å². The molecule has 0 N–H and O–H groups in total. The van der Waals surface area contributed by atoms with Crippen LogP contribution in [-0.4, -0.2) is 19.5 Å². The quantitative estimate of drug-likeness (QED) is 0.187. The second-order valence-electron chi connectivity index (χ2n) is 12.8. The molecular weight excluding hydrogens is 645 g/mol. The largest absolute Gasteiger partial charge is 0.456 e. The van der Waals surface area contributed by atoms with Crippen molar-refractivity contribution in [2.24, 2.45) is 0 Å². The number of rotatable bonds is 4. The molecule has 4 aromatic heterocycles. The fourth-order valence-electron chi connectivity index (χ4n) is 7.61. The van der Waals surface area contributed by atoms with Crippen LogP contribution < -0.4 is 0 Å². The number of hydrogen-bond acceptors (Lipinski definition) is 5. The number of thiophene rings is 1. The van der Waals surface area contributed by atoms with E-state index in [0.29, 0.717) is 17.5 Å². The van der Waals surface area contributed by atoms with E-state index in [1.807, 2.05) is 60.7 Å². The van der Waals surface area contributed by atoms with Crippen molar-refractivity contribution in [3.63, 3.8) is 0 Å². The summed E-state index contributed by atoms with van der Waals surface area (Å²) in [5.74, 6) is 1.95. The standard InChI is InChI=1S/C45H26N4OS/c1-3-13-27(14-4-1)43-46-44(28-15-5-2-6-16-28)48-45(47-43)33-20-11-19-31-32-25-26-38-40(42(32)51-41(31)33)39-36(23-12-24-37(39)50-38)49-34-21-9-7-17-29(34)30-18-8-10-22-35(30)49/h1-26H. The third kappa shape index (κ3) is 4.24. The van der Waals surface area contributed by atoms with Crippen molar-refractivity contribution in [3.8, 4) is 39.9 Å². The minimum absolute atomic E-state index is 0.650. The van der Waals surface area contributed by atoms with Crippen molar-refractivity contribution in [1.82, 2.24) is 19.5 Å². The highest BCUT2D eigenvalue weighted by Crippen LogP contribution is 2.47. The summed E-state index contributed by atoms with van der Waals surface area (Å²) in [6.07, 6.45) is 0. The summed E-state index contributed by atoms with van der Waals surface area (Å²) in [6.45, 7) is 0. The van der Waals surface area contributed by atoms with Crippen molar-refractivity contribution < 1.29 is 4.42 Å². The zero-order valence-electron chi connectivity index (χ0n) is 27.1. The number of nitrogens with zero attached hydrogens (tertiary/aromatic N) is 4. The molecule has 0 spiro atoms. The first-order chi connectivity index (χ1) is 25.3. The second kappa shape index (κ2) is 10.9. The van der Waals surface area contributed by atoms with Crippen LogP contribution in [0.25, 0.3) is 104 Å². The first kappa shape index (κ1) is 28.2. The Hall–Kier alpha value is -6.63. The predicted molar refractivity (Wildman–Crippen MR) is 211 cm³/mol. The maximum absolute atomic E-state index is 6.62. The van der Waals surface area contributed by atoms with Crippen LogP contribution in [0.15, 0.2) is 162 Å². The molecule has 51 heavy (non-hydrogen) atoms. The Balaban J connectivity index is 1.20. The molecule has 0 saturated heterocycles. The van der Waals surface area contributed by atoms with Gasteiger partial charge in [-0.2, -0.15) is 0 Å². The minimum Gasteiger partial charge on any atom is -0.456 e. The van der Waals surface area contributed by atoms with Gasteiger partial charge in [0.2, 0.25) is 0 Å². The van der Waals surface area contributed by atoms with E-state index >= 15 is 0 Å². The molecule has 0 aliphatic heterocycles. The molecule has 0 aliphatic carbocycles. The predicted octanol–water partition coefficient (Wildman–Crippen LogP) is 12.2. The highest BCUT2D eigenvalue weighted by Gasteiger charge is 2.22. The fourth-order valence-corrected chi connectivity index (χ4v) is 8.97. The lowest BCUT2D eigenvalue weighted by Crippen LogP contribution is -2.00. The molecule has 0 bridgehead atoms. The maximum Gasteiger partial charge on any atom is 0.165 e. The van der Waals surface area contributed by atoms with E-state index < -0.39 is 0 Å². The Morgan fingerprint density at radius 3 is 1.65 bits per heavy atom. The van der Waals surface area contributed by atoms with Gasteiger partial charge < -0.3 is 8.98 Å². The van der Waals surface area contributed by atoms with E-state index in [4.69, 9.17) is 19.4 Å². The van der Waals surface area contributed by atoms with E-state index in [1.54, 1.807) is 11.3 Å². The number of benzene rings is 7. The second-order valence-corrected chi connectivity index (χ2v) is 13.8. The molecule has 5 nitrogen and oxygen atoms in total. The highest BCUT2D eigenvalue weighted by molar-refractivity contribution is 7.27. The van der Waals surface area contributed by atoms with Crippen LogP contribution in [-0.2, 0) is 0 Å². The minimum atomic E-state index is 0.650. The van der Waals surface area contributed by atoms with Crippen molar-refractivity contribution in [1.29, 1.82) is 0 Å². The summed E-state index contributed by atoms with van der Waals surface area (Å²) in [5.41, 5.74) is 8.07. The Kier molecular flexibility index (Phi) is 6.05. The van der Waals surface area contributed by atoms with Crippen molar-refractivity contribution >= 4 is 75.3 Å². The molecule has 0 atom stereocenters. The van der Waals surface area contributed by atoms with Crippen LogP contribution in [0, 0.1) is 0 Å². The van der Waals surface area contributed by atoms with E-state index in [9.17, 15) is 0 Å². The first-order valence-electron chi connectivity index (χ1n) is 17.0. The van der Waals surface area contributed by atoms with E-state index in [1.165, 1.54) is 37.3 Å². The molecule has 0 amide bonds. The number of furan rings is 1. The molecule has 11 aromatic rings. The lowest BCUT2D eigenvalue weighted by atomic mass is 10.0. The SMILES string of the molecule is c1ccc(-c2nc(-c3ccccc3)nc(-c3cccc4c3sc3c4ccc4oc5cccc(-n6c7ccccc7c7ccccc76)c5c43)n2)cc1. The summed E-state index contributed by atoms with van der Waals surface area (Å²) in [6, 6.07) is 54.7. The van der Waals surface area contributed by atoms with E-state index in [0.717, 1.165) is 49.0 Å². The van der Waals surface area contributed by atoms with Gasteiger partial charge in [0.1, 0.15) is 11.2 Å². The van der Waals surface area contributed by atoms with Gasteiger partial charge in [0.15, 0.2) is 17.5 Å². The molecule has 0 saturated carbocycles. The average molecular weight is 671 g/mol. The normalized spacial score (nSPS) is 11.9. The van der Waals surface area contributed by atoms with Crippen LogP contribution in [0.1, 0.15) is 0 Å². The highest BCUT2D eigenvalue weighted by atomic mass is 32.1.